The van der Waals surface area contributed by atoms with Gasteiger partial charge in [0, 0.05) is 18.0 Å². The van der Waals surface area contributed by atoms with E-state index < -0.39 is 0 Å². The monoisotopic (exact) mass is 268 g/mol. The second-order valence-electron chi connectivity index (χ2n) is 4.36. The predicted octanol–water partition coefficient (Wildman–Crippen LogP) is 2.98. The Morgan fingerprint density at radius 1 is 1.15 bits per heavy atom. The second kappa shape index (κ2) is 7.19. The highest BCUT2D eigenvalue weighted by Gasteiger charge is 2.04. The van der Waals surface area contributed by atoms with Crippen LogP contribution in [0.2, 0.25) is 0 Å². The molecule has 0 radical (unpaired) electrons. The van der Waals surface area contributed by atoms with Gasteiger partial charge in [0.25, 0.3) is 0 Å². The highest BCUT2D eigenvalue weighted by atomic mass is 16.7. The van der Waals surface area contributed by atoms with Gasteiger partial charge in [-0.15, -0.1) is 0 Å². The molecule has 102 valence electrons. The van der Waals surface area contributed by atoms with Crippen molar-refractivity contribution in [3.63, 3.8) is 0 Å². The molecule has 0 bridgehead atoms. The summed E-state index contributed by atoms with van der Waals surface area (Å²) in [6.07, 6.45) is 4.32. The van der Waals surface area contributed by atoms with E-state index in [1.807, 2.05) is 42.5 Å². The number of carbonyl (C=O) groups excluding carboxylic acids is 1. The van der Waals surface area contributed by atoms with Gasteiger partial charge in [0.1, 0.15) is 0 Å². The van der Waals surface area contributed by atoms with Crippen LogP contribution in [-0.2, 0) is 16.1 Å². The Bertz CT molecular complexity index is 580. The van der Waals surface area contributed by atoms with Crippen molar-refractivity contribution in [1.82, 2.24) is 4.98 Å². The molecule has 4 nitrogen and oxygen atoms in total. The number of oxime groups is 1. The maximum absolute atomic E-state index is 11.6. The second-order valence-corrected chi connectivity index (χ2v) is 4.36. The largest absolute Gasteiger partial charge is 0.335 e. The van der Waals surface area contributed by atoms with E-state index in [4.69, 9.17) is 4.84 Å². The third-order valence-corrected chi connectivity index (χ3v) is 2.84. The molecule has 0 aliphatic rings. The van der Waals surface area contributed by atoms with Gasteiger partial charge in [0.2, 0.25) is 0 Å². The molecule has 0 spiro atoms. The van der Waals surface area contributed by atoms with Crippen molar-refractivity contribution in [2.24, 2.45) is 5.16 Å². The van der Waals surface area contributed by atoms with E-state index in [0.717, 1.165) is 11.1 Å². The first kappa shape index (κ1) is 13.9. The van der Waals surface area contributed by atoms with E-state index in [1.54, 1.807) is 19.3 Å². The van der Waals surface area contributed by atoms with Crippen LogP contribution in [0.5, 0.6) is 0 Å². The standard InChI is InChI=1S/C16H16N2O2/c1-13(15-9-11-17-12-10-15)18-20-16(19)8-7-14-5-3-2-4-6-14/h2-6,9-12H,7-8H2,1H3/b18-13+. The van der Waals surface area contributed by atoms with Crippen molar-refractivity contribution in [2.45, 2.75) is 19.8 Å². The van der Waals surface area contributed by atoms with Crippen LogP contribution in [0.15, 0.2) is 60.0 Å². The number of hydrogen-bond donors (Lipinski definition) is 0. The zero-order valence-electron chi connectivity index (χ0n) is 11.3. The normalized spacial score (nSPS) is 11.2. The van der Waals surface area contributed by atoms with E-state index in [-0.39, 0.29) is 5.97 Å². The molecule has 2 rings (SSSR count). The number of carbonyl (C=O) groups is 1. The summed E-state index contributed by atoms with van der Waals surface area (Å²) < 4.78 is 0. The zero-order valence-corrected chi connectivity index (χ0v) is 11.3. The first-order chi connectivity index (χ1) is 9.75. The van der Waals surface area contributed by atoms with Crippen molar-refractivity contribution in [1.29, 1.82) is 0 Å². The molecule has 0 saturated carbocycles. The molecule has 0 unspecified atom stereocenters. The maximum atomic E-state index is 11.6. The van der Waals surface area contributed by atoms with Gasteiger partial charge in [-0.2, -0.15) is 0 Å². The molecule has 2 aromatic rings. The lowest BCUT2D eigenvalue weighted by Gasteiger charge is -2.01. The maximum Gasteiger partial charge on any atom is 0.335 e. The zero-order chi connectivity index (χ0) is 14.2. The Balaban J connectivity index is 1.83. The Labute approximate surface area is 118 Å². The molecular formula is C16H16N2O2. The summed E-state index contributed by atoms with van der Waals surface area (Å²) in [7, 11) is 0. The van der Waals surface area contributed by atoms with Crippen LogP contribution in [0.3, 0.4) is 0 Å². The van der Waals surface area contributed by atoms with Gasteiger partial charge in [-0.25, -0.2) is 4.79 Å². The minimum absolute atomic E-state index is 0.317. The summed E-state index contributed by atoms with van der Waals surface area (Å²) in [6.45, 7) is 1.79. The van der Waals surface area contributed by atoms with Gasteiger partial charge in [0.05, 0.1) is 12.1 Å². The van der Waals surface area contributed by atoms with Gasteiger partial charge >= 0.3 is 5.97 Å². The number of benzene rings is 1. The summed E-state index contributed by atoms with van der Waals surface area (Å²) in [6, 6.07) is 13.5. The van der Waals surface area contributed by atoms with E-state index in [1.165, 1.54) is 0 Å². The van der Waals surface area contributed by atoms with Gasteiger partial charge < -0.3 is 4.84 Å². The molecule has 1 aromatic heterocycles. The molecule has 20 heavy (non-hydrogen) atoms. The fourth-order valence-electron chi connectivity index (χ4n) is 1.70. The van der Waals surface area contributed by atoms with Crippen LogP contribution < -0.4 is 0 Å². The lowest BCUT2D eigenvalue weighted by Crippen LogP contribution is -2.04. The molecule has 0 atom stereocenters. The van der Waals surface area contributed by atoms with E-state index >= 15 is 0 Å². The van der Waals surface area contributed by atoms with Crippen molar-refractivity contribution >= 4 is 11.7 Å². The third-order valence-electron chi connectivity index (χ3n) is 2.84. The van der Waals surface area contributed by atoms with Crippen LogP contribution in [0, 0.1) is 0 Å². The molecule has 0 saturated heterocycles. The number of nitrogens with zero attached hydrogens (tertiary/aromatic N) is 2. The van der Waals surface area contributed by atoms with Crippen LogP contribution in [0.25, 0.3) is 0 Å². The minimum atomic E-state index is -0.331. The van der Waals surface area contributed by atoms with Crippen LogP contribution in [0.1, 0.15) is 24.5 Å². The summed E-state index contributed by atoms with van der Waals surface area (Å²) in [5, 5.41) is 3.85. The summed E-state index contributed by atoms with van der Waals surface area (Å²) in [5.74, 6) is -0.331. The van der Waals surface area contributed by atoms with E-state index in [0.29, 0.717) is 18.6 Å². The summed E-state index contributed by atoms with van der Waals surface area (Å²) >= 11 is 0. The number of aromatic nitrogens is 1. The SMILES string of the molecule is C/C(=N\OC(=O)CCc1ccccc1)c1ccncc1. The molecule has 1 aromatic carbocycles. The first-order valence-corrected chi connectivity index (χ1v) is 6.44. The molecule has 0 aliphatic carbocycles. The molecule has 0 N–H and O–H groups in total. The lowest BCUT2D eigenvalue weighted by molar-refractivity contribution is -0.143. The molecule has 0 amide bonds. The molecular weight excluding hydrogens is 252 g/mol. The predicted molar refractivity (Wildman–Crippen MR) is 77.3 cm³/mol. The fraction of sp³-hybridized carbons (Fsp3) is 0.188. The van der Waals surface area contributed by atoms with Crippen molar-refractivity contribution < 1.29 is 9.63 Å². The first-order valence-electron chi connectivity index (χ1n) is 6.44. The van der Waals surface area contributed by atoms with Crippen LogP contribution in [-0.4, -0.2) is 16.7 Å². The van der Waals surface area contributed by atoms with Gasteiger partial charge in [-0.3, -0.25) is 4.98 Å². The highest BCUT2D eigenvalue weighted by molar-refractivity contribution is 5.98. The summed E-state index contributed by atoms with van der Waals surface area (Å²) in [4.78, 5) is 20.4. The van der Waals surface area contributed by atoms with Gasteiger partial charge in [-0.1, -0.05) is 35.5 Å². The molecule has 4 heteroatoms. The number of rotatable bonds is 5. The Hall–Kier alpha value is -2.49. The lowest BCUT2D eigenvalue weighted by atomic mass is 10.1. The average molecular weight is 268 g/mol. The van der Waals surface area contributed by atoms with Crippen molar-refractivity contribution in [2.75, 3.05) is 0 Å². The fourth-order valence-corrected chi connectivity index (χ4v) is 1.70. The minimum Gasteiger partial charge on any atom is -0.318 e. The third kappa shape index (κ3) is 4.31. The Morgan fingerprint density at radius 2 is 1.85 bits per heavy atom. The smallest absolute Gasteiger partial charge is 0.318 e. The van der Waals surface area contributed by atoms with Crippen molar-refractivity contribution in [3.05, 3.63) is 66.0 Å². The number of aryl methyl sites for hydroxylation is 1. The summed E-state index contributed by atoms with van der Waals surface area (Å²) in [5.41, 5.74) is 2.65. The van der Waals surface area contributed by atoms with Crippen LogP contribution >= 0.6 is 0 Å². The average Bonchev–Trinajstić information content (AvgIpc) is 2.52. The number of pyridine rings is 1. The molecule has 0 aliphatic heterocycles. The van der Waals surface area contributed by atoms with Gasteiger partial charge in [0.15, 0.2) is 0 Å². The quantitative estimate of drug-likeness (QED) is 0.476. The van der Waals surface area contributed by atoms with Gasteiger partial charge in [-0.05, 0) is 31.0 Å². The number of hydrogen-bond acceptors (Lipinski definition) is 4. The van der Waals surface area contributed by atoms with Crippen LogP contribution in [0.4, 0.5) is 0 Å². The molecule has 1 heterocycles. The van der Waals surface area contributed by atoms with E-state index in [2.05, 4.69) is 10.1 Å². The Morgan fingerprint density at radius 3 is 2.55 bits per heavy atom. The topological polar surface area (TPSA) is 51.5 Å². The Kier molecular flexibility index (Phi) is 5.00. The molecule has 0 fully saturated rings. The van der Waals surface area contributed by atoms with E-state index in [9.17, 15) is 4.79 Å². The van der Waals surface area contributed by atoms with Crippen molar-refractivity contribution in [3.8, 4) is 0 Å². The highest BCUT2D eigenvalue weighted by Crippen LogP contribution is 2.04.